The Morgan fingerprint density at radius 1 is 1.00 bits per heavy atom. The van der Waals surface area contributed by atoms with Gasteiger partial charge in [0.25, 0.3) is 0 Å². The zero-order valence-corrected chi connectivity index (χ0v) is 8.87. The van der Waals surface area contributed by atoms with Crippen LogP contribution >= 0.6 is 11.3 Å². The van der Waals surface area contributed by atoms with E-state index in [9.17, 15) is 0 Å². The molecule has 3 aromatic rings. The zero-order valence-electron chi connectivity index (χ0n) is 8.05. The molecule has 2 aromatic heterocycles. The highest BCUT2D eigenvalue weighted by Crippen LogP contribution is 2.32. The molecular formula is C13H9NS. The van der Waals surface area contributed by atoms with Gasteiger partial charge in [0, 0.05) is 27.4 Å². The van der Waals surface area contributed by atoms with E-state index in [1.54, 1.807) is 0 Å². The zero-order chi connectivity index (χ0) is 10.1. The first kappa shape index (κ1) is 8.62. The highest BCUT2D eigenvalue weighted by Gasteiger charge is 2.02. The summed E-state index contributed by atoms with van der Waals surface area (Å²) in [5, 5.41) is 1.22. The fourth-order valence-corrected chi connectivity index (χ4v) is 2.66. The van der Waals surface area contributed by atoms with Crippen molar-refractivity contribution in [3.05, 3.63) is 54.9 Å². The van der Waals surface area contributed by atoms with E-state index in [4.69, 9.17) is 0 Å². The van der Waals surface area contributed by atoms with Crippen molar-refractivity contribution < 1.29 is 0 Å². The van der Waals surface area contributed by atoms with Gasteiger partial charge in [-0.1, -0.05) is 30.3 Å². The van der Waals surface area contributed by atoms with Gasteiger partial charge in [0.05, 0.1) is 0 Å². The van der Waals surface area contributed by atoms with Crippen molar-refractivity contribution in [2.75, 3.05) is 0 Å². The van der Waals surface area contributed by atoms with E-state index in [0.717, 1.165) is 0 Å². The molecule has 0 saturated carbocycles. The van der Waals surface area contributed by atoms with Gasteiger partial charge in [-0.3, -0.25) is 4.98 Å². The third kappa shape index (κ3) is 1.53. The summed E-state index contributed by atoms with van der Waals surface area (Å²) in [6, 6.07) is 14.7. The highest BCUT2D eigenvalue weighted by molar-refractivity contribution is 7.22. The molecule has 1 nitrogen and oxygen atoms in total. The number of aromatic nitrogens is 1. The molecule has 0 spiro atoms. The van der Waals surface area contributed by atoms with Crippen LogP contribution in [0.2, 0.25) is 0 Å². The van der Waals surface area contributed by atoms with Crippen molar-refractivity contribution in [2.45, 2.75) is 0 Å². The Bertz CT molecular complexity index is 551. The summed E-state index contributed by atoms with van der Waals surface area (Å²) in [7, 11) is 0. The molecule has 0 unspecified atom stereocenters. The van der Waals surface area contributed by atoms with Crippen LogP contribution in [0.4, 0.5) is 0 Å². The van der Waals surface area contributed by atoms with Gasteiger partial charge in [0.15, 0.2) is 0 Å². The van der Waals surface area contributed by atoms with Crippen LogP contribution in [0.1, 0.15) is 0 Å². The van der Waals surface area contributed by atoms with Crippen LogP contribution in [-0.2, 0) is 0 Å². The number of rotatable bonds is 1. The van der Waals surface area contributed by atoms with Gasteiger partial charge in [0.2, 0.25) is 0 Å². The molecule has 0 atom stereocenters. The first-order valence-corrected chi connectivity index (χ1v) is 5.64. The molecule has 2 heteroatoms. The van der Waals surface area contributed by atoms with Gasteiger partial charge in [-0.15, -0.1) is 11.3 Å². The van der Waals surface area contributed by atoms with Crippen molar-refractivity contribution in [3.63, 3.8) is 0 Å². The minimum Gasteiger partial charge on any atom is -0.264 e. The lowest BCUT2D eigenvalue weighted by atomic mass is 10.2. The predicted molar refractivity (Wildman–Crippen MR) is 65.1 cm³/mol. The van der Waals surface area contributed by atoms with Crippen LogP contribution in [0.5, 0.6) is 0 Å². The summed E-state index contributed by atoms with van der Waals surface area (Å²) < 4.78 is 1.30. The third-order valence-electron chi connectivity index (χ3n) is 2.37. The van der Waals surface area contributed by atoms with E-state index in [1.165, 1.54) is 20.5 Å². The molecule has 72 valence electrons. The Balaban J connectivity index is 2.21. The van der Waals surface area contributed by atoms with Crippen molar-refractivity contribution in [3.8, 4) is 10.4 Å². The SMILES string of the molecule is c1ccc(-c2cc3cnccc3s2)cc1. The number of hydrogen-bond acceptors (Lipinski definition) is 2. The van der Waals surface area contributed by atoms with Crippen molar-refractivity contribution in [2.24, 2.45) is 0 Å². The molecule has 2 heterocycles. The van der Waals surface area contributed by atoms with E-state index in [-0.39, 0.29) is 0 Å². The molecule has 1 aromatic carbocycles. The minimum atomic E-state index is 1.22. The van der Waals surface area contributed by atoms with Gasteiger partial charge in [-0.25, -0.2) is 0 Å². The summed E-state index contributed by atoms with van der Waals surface area (Å²) in [6.45, 7) is 0. The Morgan fingerprint density at radius 3 is 2.67 bits per heavy atom. The van der Waals surface area contributed by atoms with Gasteiger partial charge in [0.1, 0.15) is 0 Å². The summed E-state index contributed by atoms with van der Waals surface area (Å²) in [4.78, 5) is 5.43. The molecule has 3 rings (SSSR count). The number of fused-ring (bicyclic) bond motifs is 1. The summed E-state index contributed by atoms with van der Waals surface area (Å²) >= 11 is 1.81. The molecule has 0 aliphatic heterocycles. The van der Waals surface area contributed by atoms with Crippen LogP contribution in [-0.4, -0.2) is 4.98 Å². The topological polar surface area (TPSA) is 12.9 Å². The fraction of sp³-hybridized carbons (Fsp3) is 0. The second kappa shape index (κ2) is 3.48. The van der Waals surface area contributed by atoms with E-state index >= 15 is 0 Å². The second-order valence-electron chi connectivity index (χ2n) is 3.39. The molecule has 0 aliphatic rings. The van der Waals surface area contributed by atoms with Crippen LogP contribution in [0.3, 0.4) is 0 Å². The lowest BCUT2D eigenvalue weighted by molar-refractivity contribution is 1.37. The van der Waals surface area contributed by atoms with Gasteiger partial charge in [-0.2, -0.15) is 0 Å². The highest BCUT2D eigenvalue weighted by atomic mass is 32.1. The molecule has 0 fully saturated rings. The minimum absolute atomic E-state index is 1.22. The van der Waals surface area contributed by atoms with Crippen LogP contribution in [0, 0.1) is 0 Å². The van der Waals surface area contributed by atoms with Crippen molar-refractivity contribution >= 4 is 21.4 Å². The Hall–Kier alpha value is -1.67. The first-order valence-electron chi connectivity index (χ1n) is 4.82. The molecule has 0 saturated heterocycles. The molecule has 0 amide bonds. The number of pyridine rings is 1. The van der Waals surface area contributed by atoms with E-state index in [0.29, 0.717) is 0 Å². The van der Waals surface area contributed by atoms with Crippen LogP contribution in [0.15, 0.2) is 54.9 Å². The maximum atomic E-state index is 4.13. The summed E-state index contributed by atoms with van der Waals surface area (Å²) in [5.74, 6) is 0. The van der Waals surface area contributed by atoms with E-state index in [2.05, 4.69) is 41.4 Å². The third-order valence-corrected chi connectivity index (χ3v) is 3.54. The lowest BCUT2D eigenvalue weighted by Crippen LogP contribution is -1.68. The number of thiophene rings is 1. The monoisotopic (exact) mass is 211 g/mol. The summed E-state index contributed by atoms with van der Waals surface area (Å²) in [6.07, 6.45) is 3.76. The molecule has 0 radical (unpaired) electrons. The molecular weight excluding hydrogens is 202 g/mol. The number of hydrogen-bond donors (Lipinski definition) is 0. The molecule has 15 heavy (non-hydrogen) atoms. The quantitative estimate of drug-likeness (QED) is 0.593. The average Bonchev–Trinajstić information content (AvgIpc) is 2.74. The van der Waals surface area contributed by atoms with Crippen molar-refractivity contribution in [1.82, 2.24) is 4.98 Å². The number of nitrogens with zero attached hydrogens (tertiary/aromatic N) is 1. The van der Waals surface area contributed by atoms with E-state index in [1.807, 2.05) is 29.8 Å². The standard InChI is InChI=1S/C13H9NS/c1-2-4-10(5-3-1)13-8-11-9-14-7-6-12(11)15-13/h1-9H. The average molecular weight is 211 g/mol. The largest absolute Gasteiger partial charge is 0.264 e. The molecule has 0 bridgehead atoms. The maximum absolute atomic E-state index is 4.13. The lowest BCUT2D eigenvalue weighted by Gasteiger charge is -1.93. The van der Waals surface area contributed by atoms with Crippen LogP contribution < -0.4 is 0 Å². The molecule has 0 N–H and O–H groups in total. The number of benzene rings is 1. The fourth-order valence-electron chi connectivity index (χ4n) is 1.63. The van der Waals surface area contributed by atoms with Crippen LogP contribution in [0.25, 0.3) is 20.5 Å². The van der Waals surface area contributed by atoms with Gasteiger partial charge >= 0.3 is 0 Å². The Morgan fingerprint density at radius 2 is 1.87 bits per heavy atom. The normalized spacial score (nSPS) is 10.7. The smallest absolute Gasteiger partial charge is 0.0380 e. The van der Waals surface area contributed by atoms with E-state index < -0.39 is 0 Å². The first-order chi connectivity index (χ1) is 7.43. The predicted octanol–water partition coefficient (Wildman–Crippen LogP) is 3.96. The Kier molecular flexibility index (Phi) is 2.00. The maximum Gasteiger partial charge on any atom is 0.0380 e. The Labute approximate surface area is 92.0 Å². The van der Waals surface area contributed by atoms with Crippen molar-refractivity contribution in [1.29, 1.82) is 0 Å². The van der Waals surface area contributed by atoms with Gasteiger partial charge < -0.3 is 0 Å². The summed E-state index contributed by atoms with van der Waals surface area (Å²) in [5.41, 5.74) is 1.28. The van der Waals surface area contributed by atoms with Gasteiger partial charge in [-0.05, 0) is 17.7 Å². The second-order valence-corrected chi connectivity index (χ2v) is 4.47. The molecule has 0 aliphatic carbocycles.